The SMILES string of the molecule is Cl.O=C(O)c1ccc2c(c1)C=NNO2. The fourth-order valence-corrected chi connectivity index (χ4v) is 1.05. The number of aromatic carboxylic acids is 1. The Morgan fingerprint density at radius 3 is 3.00 bits per heavy atom. The Labute approximate surface area is 85.7 Å². The largest absolute Gasteiger partial charge is 0.478 e. The third kappa shape index (κ3) is 1.77. The minimum absolute atomic E-state index is 0. The first kappa shape index (κ1) is 10.3. The average Bonchev–Trinajstić information content (AvgIpc) is 2.17. The molecule has 74 valence electrons. The second kappa shape index (κ2) is 3.97. The van der Waals surface area contributed by atoms with Crippen molar-refractivity contribution in [3.05, 3.63) is 29.3 Å². The molecule has 1 heterocycles. The number of benzene rings is 1. The van der Waals surface area contributed by atoms with E-state index in [1.165, 1.54) is 18.3 Å². The van der Waals surface area contributed by atoms with E-state index in [-0.39, 0.29) is 18.0 Å². The van der Waals surface area contributed by atoms with Crippen LogP contribution in [0.1, 0.15) is 15.9 Å². The van der Waals surface area contributed by atoms with Gasteiger partial charge in [0.2, 0.25) is 0 Å². The molecule has 0 aromatic heterocycles. The summed E-state index contributed by atoms with van der Waals surface area (Å²) in [5.41, 5.74) is 3.18. The topological polar surface area (TPSA) is 70.9 Å². The van der Waals surface area contributed by atoms with Crippen LogP contribution in [0.3, 0.4) is 0 Å². The molecular weight excluding hydrogens is 208 g/mol. The van der Waals surface area contributed by atoms with Crippen LogP contribution in [0, 0.1) is 0 Å². The van der Waals surface area contributed by atoms with E-state index in [2.05, 4.69) is 10.7 Å². The maximum Gasteiger partial charge on any atom is 0.335 e. The van der Waals surface area contributed by atoms with Gasteiger partial charge in [-0.05, 0) is 18.2 Å². The van der Waals surface area contributed by atoms with Crippen molar-refractivity contribution in [3.8, 4) is 5.75 Å². The summed E-state index contributed by atoms with van der Waals surface area (Å²) in [6.45, 7) is 0. The molecule has 0 saturated heterocycles. The maximum atomic E-state index is 10.6. The molecule has 1 aromatic carbocycles. The smallest absolute Gasteiger partial charge is 0.335 e. The zero-order valence-electron chi connectivity index (χ0n) is 6.93. The van der Waals surface area contributed by atoms with Crippen LogP contribution >= 0.6 is 12.4 Å². The molecule has 14 heavy (non-hydrogen) atoms. The summed E-state index contributed by atoms with van der Waals surface area (Å²) in [5.74, 6) is -0.394. The van der Waals surface area contributed by atoms with E-state index in [1.54, 1.807) is 6.07 Å². The summed E-state index contributed by atoms with van der Waals surface area (Å²) < 4.78 is 0. The number of fused-ring (bicyclic) bond motifs is 1. The van der Waals surface area contributed by atoms with Crippen LogP contribution in [0.2, 0.25) is 0 Å². The first-order valence-corrected chi connectivity index (χ1v) is 3.59. The van der Waals surface area contributed by atoms with E-state index in [4.69, 9.17) is 9.94 Å². The molecule has 1 aromatic rings. The molecule has 1 aliphatic rings. The number of hydrogen-bond donors (Lipinski definition) is 2. The third-order valence-corrected chi connectivity index (χ3v) is 1.67. The van der Waals surface area contributed by atoms with Crippen molar-refractivity contribution in [2.45, 2.75) is 0 Å². The molecule has 0 unspecified atom stereocenters. The fraction of sp³-hybridized carbons (Fsp3) is 0. The van der Waals surface area contributed by atoms with Crippen molar-refractivity contribution in [2.24, 2.45) is 5.10 Å². The van der Waals surface area contributed by atoms with Gasteiger partial charge >= 0.3 is 5.97 Å². The lowest BCUT2D eigenvalue weighted by Gasteiger charge is -2.11. The van der Waals surface area contributed by atoms with Gasteiger partial charge in [-0.2, -0.15) is 5.10 Å². The third-order valence-electron chi connectivity index (χ3n) is 1.67. The molecule has 1 aliphatic heterocycles. The van der Waals surface area contributed by atoms with Crippen molar-refractivity contribution >= 4 is 24.6 Å². The highest BCUT2D eigenvalue weighted by atomic mass is 35.5. The lowest BCUT2D eigenvalue weighted by Crippen LogP contribution is -2.17. The standard InChI is InChI=1S/C8H6N2O3.ClH/c11-8(12)5-1-2-7-6(3-5)4-9-10-13-7;/h1-4,10H,(H,11,12);1H. The van der Waals surface area contributed by atoms with Gasteiger partial charge in [0, 0.05) is 5.56 Å². The Bertz CT molecular complexity index is 392. The highest BCUT2D eigenvalue weighted by molar-refractivity contribution is 5.92. The summed E-state index contributed by atoms with van der Waals surface area (Å²) >= 11 is 0. The van der Waals surface area contributed by atoms with Crippen molar-refractivity contribution in [3.63, 3.8) is 0 Å². The monoisotopic (exact) mass is 214 g/mol. The van der Waals surface area contributed by atoms with Crippen LogP contribution in [0.25, 0.3) is 0 Å². The van der Waals surface area contributed by atoms with E-state index in [0.717, 1.165) is 0 Å². The Morgan fingerprint density at radius 1 is 1.50 bits per heavy atom. The second-order valence-electron chi connectivity index (χ2n) is 2.51. The van der Waals surface area contributed by atoms with Gasteiger partial charge in [0.1, 0.15) is 0 Å². The Kier molecular flexibility index (Phi) is 2.93. The molecule has 0 atom stereocenters. The molecule has 0 aliphatic carbocycles. The first-order valence-electron chi connectivity index (χ1n) is 3.59. The molecule has 0 bridgehead atoms. The number of carboxylic acid groups (broad SMARTS) is 1. The van der Waals surface area contributed by atoms with Gasteiger partial charge in [0.25, 0.3) is 0 Å². The Hall–Kier alpha value is -1.75. The minimum Gasteiger partial charge on any atom is -0.478 e. The minimum atomic E-state index is -0.963. The van der Waals surface area contributed by atoms with Crippen molar-refractivity contribution in [2.75, 3.05) is 0 Å². The predicted molar refractivity (Wildman–Crippen MR) is 52.0 cm³/mol. The second-order valence-corrected chi connectivity index (χ2v) is 2.51. The highest BCUT2D eigenvalue weighted by Gasteiger charge is 2.10. The molecule has 0 saturated carbocycles. The molecule has 0 spiro atoms. The lowest BCUT2D eigenvalue weighted by atomic mass is 10.1. The van der Waals surface area contributed by atoms with Crippen molar-refractivity contribution in [1.82, 2.24) is 5.59 Å². The molecule has 6 heteroatoms. The summed E-state index contributed by atoms with van der Waals surface area (Å²) in [7, 11) is 0. The van der Waals surface area contributed by atoms with Gasteiger partial charge in [-0.1, -0.05) is 0 Å². The number of hydrazone groups is 1. The van der Waals surface area contributed by atoms with Gasteiger partial charge in [0.15, 0.2) is 5.75 Å². The number of carboxylic acids is 1. The van der Waals surface area contributed by atoms with Crippen LogP contribution in [0.5, 0.6) is 5.75 Å². The first-order chi connectivity index (χ1) is 6.27. The summed E-state index contributed by atoms with van der Waals surface area (Å²) in [6, 6.07) is 4.56. The van der Waals surface area contributed by atoms with Gasteiger partial charge in [-0.25, -0.2) is 4.79 Å². The summed E-state index contributed by atoms with van der Waals surface area (Å²) in [5, 5.41) is 12.3. The van der Waals surface area contributed by atoms with Gasteiger partial charge < -0.3 is 9.94 Å². The van der Waals surface area contributed by atoms with E-state index in [1.807, 2.05) is 0 Å². The number of halogens is 1. The zero-order chi connectivity index (χ0) is 9.26. The molecule has 2 N–H and O–H groups in total. The van der Waals surface area contributed by atoms with Crippen LogP contribution in [-0.2, 0) is 0 Å². The van der Waals surface area contributed by atoms with Crippen molar-refractivity contribution in [1.29, 1.82) is 0 Å². The molecule has 0 amide bonds. The molecule has 2 rings (SSSR count). The van der Waals surface area contributed by atoms with Crippen LogP contribution in [0.15, 0.2) is 23.3 Å². The summed E-state index contributed by atoms with van der Waals surface area (Å²) in [6.07, 6.45) is 1.51. The molecule has 0 radical (unpaired) electrons. The molecule has 5 nitrogen and oxygen atoms in total. The average molecular weight is 215 g/mol. The zero-order valence-corrected chi connectivity index (χ0v) is 7.75. The quantitative estimate of drug-likeness (QED) is 0.733. The van der Waals surface area contributed by atoms with Crippen LogP contribution in [-0.4, -0.2) is 17.3 Å². The normalized spacial score (nSPS) is 11.7. The molecular formula is C8H7ClN2O3. The molecule has 0 fully saturated rings. The van der Waals surface area contributed by atoms with Crippen molar-refractivity contribution < 1.29 is 14.7 Å². The predicted octanol–water partition coefficient (Wildman–Crippen LogP) is 1.04. The number of nitrogens with one attached hydrogen (secondary N) is 1. The van der Waals surface area contributed by atoms with Gasteiger partial charge in [-0.3, -0.25) is 0 Å². The number of nitrogens with zero attached hydrogens (tertiary/aromatic N) is 1. The van der Waals surface area contributed by atoms with Crippen LogP contribution < -0.4 is 10.4 Å². The van der Waals surface area contributed by atoms with E-state index in [0.29, 0.717) is 11.3 Å². The van der Waals surface area contributed by atoms with Gasteiger partial charge in [-0.15, -0.1) is 18.0 Å². The van der Waals surface area contributed by atoms with E-state index in [9.17, 15) is 4.79 Å². The van der Waals surface area contributed by atoms with E-state index < -0.39 is 5.97 Å². The van der Waals surface area contributed by atoms with E-state index >= 15 is 0 Å². The maximum absolute atomic E-state index is 10.6. The number of carbonyl (C=O) groups is 1. The fourth-order valence-electron chi connectivity index (χ4n) is 1.05. The lowest BCUT2D eigenvalue weighted by molar-refractivity contribution is 0.0696. The Morgan fingerprint density at radius 2 is 2.29 bits per heavy atom. The number of rotatable bonds is 1. The highest BCUT2D eigenvalue weighted by Crippen LogP contribution is 2.19. The number of hydrogen-bond acceptors (Lipinski definition) is 4. The van der Waals surface area contributed by atoms with Gasteiger partial charge in [0.05, 0.1) is 11.8 Å². The van der Waals surface area contributed by atoms with Crippen LogP contribution in [0.4, 0.5) is 0 Å². The Balaban J connectivity index is 0.000000980. The summed E-state index contributed by atoms with van der Waals surface area (Å²) in [4.78, 5) is 15.5.